The average molecular weight is 633 g/mol. The summed E-state index contributed by atoms with van der Waals surface area (Å²) in [5.74, 6) is -0.727. The van der Waals surface area contributed by atoms with Crippen LogP contribution in [-0.4, -0.2) is 29.9 Å². The topological polar surface area (TPSA) is 80.7 Å². The lowest BCUT2D eigenvalue weighted by Crippen LogP contribution is -2.47. The van der Waals surface area contributed by atoms with Gasteiger partial charge in [-0.05, 0) is 119 Å². The van der Waals surface area contributed by atoms with Gasteiger partial charge in [-0.1, -0.05) is 80.9 Å². The number of methoxy groups -OCH3 is 1. The molecule has 4 aliphatic carbocycles. The van der Waals surface area contributed by atoms with Crippen molar-refractivity contribution in [3.8, 4) is 0 Å². The molecule has 8 atom stereocenters. The molecule has 0 aromatic heterocycles. The Labute approximate surface area is 278 Å². The highest BCUT2D eigenvalue weighted by Gasteiger charge is 2.59. The molecule has 0 aromatic rings. The molecule has 0 spiro atoms. The maximum absolute atomic E-state index is 14.1. The summed E-state index contributed by atoms with van der Waals surface area (Å²) < 4.78 is 5.03. The van der Waals surface area contributed by atoms with E-state index in [0.29, 0.717) is 31.6 Å². The highest BCUT2D eigenvalue weighted by molar-refractivity contribution is 5.89. The quantitative estimate of drug-likeness (QED) is 0.171. The third kappa shape index (κ3) is 6.29. The number of fused-ring (bicyclic) bond motifs is 2. The van der Waals surface area contributed by atoms with E-state index < -0.39 is 17.3 Å². The van der Waals surface area contributed by atoms with Crippen molar-refractivity contribution in [3.05, 3.63) is 58.7 Å². The van der Waals surface area contributed by atoms with Crippen LogP contribution in [0.25, 0.3) is 0 Å². The number of aliphatic carboxylic acids is 1. The number of ketones is 1. The molecule has 0 aliphatic heterocycles. The first-order valence-corrected chi connectivity index (χ1v) is 17.7. The van der Waals surface area contributed by atoms with Gasteiger partial charge in [0, 0.05) is 24.7 Å². The number of carbonyl (C=O) groups excluding carboxylic acids is 2. The Kier molecular flexibility index (Phi) is 10.6. The fourth-order valence-corrected chi connectivity index (χ4v) is 10.2. The highest BCUT2D eigenvalue weighted by atomic mass is 16.5. The van der Waals surface area contributed by atoms with Gasteiger partial charge >= 0.3 is 11.9 Å². The van der Waals surface area contributed by atoms with Crippen molar-refractivity contribution in [1.82, 2.24) is 0 Å². The van der Waals surface area contributed by atoms with Crippen LogP contribution in [0.2, 0.25) is 0 Å². The number of rotatable bonds is 12. The zero-order valence-corrected chi connectivity index (χ0v) is 30.2. The molecule has 0 heterocycles. The summed E-state index contributed by atoms with van der Waals surface area (Å²) in [5, 5.41) is 10.4. The standard InChI is InChI=1S/C41H60O5/c1-26(2)12-11-13-29-14-16-34(39(7,25-29)37(44)45)35(42)24-28(5)40(8)22-19-33-30-15-17-31(27(3)4)38(6,21-20-36(43)46-10)32(30)18-23-41(33,40)9/h12,14-15,17,28,31-32,34H,3,11,13,16,18-25H2,1-2,4-10H3,(H,44,45)/t28-,31+,32-,34+,38+,39-,40+,41-/m1/s1. The summed E-state index contributed by atoms with van der Waals surface area (Å²) in [6.45, 7) is 21.8. The summed E-state index contributed by atoms with van der Waals surface area (Å²) in [6, 6.07) is 0. The number of carboxylic acid groups (broad SMARTS) is 1. The van der Waals surface area contributed by atoms with Crippen molar-refractivity contribution in [2.45, 2.75) is 126 Å². The number of ether oxygens (including phenoxy) is 1. The smallest absolute Gasteiger partial charge is 0.310 e. The molecule has 4 rings (SSSR count). The zero-order valence-electron chi connectivity index (χ0n) is 30.2. The van der Waals surface area contributed by atoms with Crippen molar-refractivity contribution in [1.29, 1.82) is 0 Å². The van der Waals surface area contributed by atoms with E-state index in [1.807, 2.05) is 0 Å². The van der Waals surface area contributed by atoms with E-state index in [1.54, 1.807) is 6.92 Å². The Bertz CT molecular complexity index is 1370. The summed E-state index contributed by atoms with van der Waals surface area (Å²) in [4.78, 5) is 39.0. The van der Waals surface area contributed by atoms with Gasteiger partial charge in [0.2, 0.25) is 0 Å². The lowest BCUT2D eigenvalue weighted by atomic mass is 9.49. The highest BCUT2D eigenvalue weighted by Crippen LogP contribution is 2.68. The van der Waals surface area contributed by atoms with Gasteiger partial charge < -0.3 is 9.84 Å². The summed E-state index contributed by atoms with van der Waals surface area (Å²) in [6.07, 6.45) is 17.5. The maximum atomic E-state index is 14.1. The van der Waals surface area contributed by atoms with Crippen LogP contribution in [-0.2, 0) is 19.1 Å². The average Bonchev–Trinajstić information content (AvgIpc) is 3.27. The van der Waals surface area contributed by atoms with Crippen molar-refractivity contribution >= 4 is 17.7 Å². The van der Waals surface area contributed by atoms with E-state index in [2.05, 4.69) is 79.3 Å². The molecule has 4 aliphatic rings. The summed E-state index contributed by atoms with van der Waals surface area (Å²) in [7, 11) is 1.46. The normalized spacial score (nSPS) is 35.8. The largest absolute Gasteiger partial charge is 0.481 e. The lowest BCUT2D eigenvalue weighted by molar-refractivity contribution is -0.155. The van der Waals surface area contributed by atoms with Gasteiger partial charge in [0.1, 0.15) is 5.78 Å². The Morgan fingerprint density at radius 3 is 2.43 bits per heavy atom. The molecule has 254 valence electrons. The number of esters is 1. The minimum absolute atomic E-state index is 0.0388. The molecule has 0 amide bonds. The number of allylic oxidation sites excluding steroid dienone is 9. The summed E-state index contributed by atoms with van der Waals surface area (Å²) in [5.41, 5.74) is 5.24. The van der Waals surface area contributed by atoms with Crippen molar-refractivity contribution < 1.29 is 24.2 Å². The second-order valence-corrected chi connectivity index (χ2v) is 16.5. The van der Waals surface area contributed by atoms with Crippen molar-refractivity contribution in [2.24, 2.45) is 45.3 Å². The second-order valence-electron chi connectivity index (χ2n) is 16.5. The van der Waals surface area contributed by atoms with Crippen molar-refractivity contribution in [3.63, 3.8) is 0 Å². The van der Waals surface area contributed by atoms with Gasteiger partial charge in [0.25, 0.3) is 0 Å². The molecule has 1 saturated carbocycles. The number of Topliss-reactive ketones (excluding diaryl/α,β-unsaturated/α-hetero) is 1. The van der Waals surface area contributed by atoms with Crippen LogP contribution in [0.4, 0.5) is 0 Å². The molecule has 0 radical (unpaired) electrons. The van der Waals surface area contributed by atoms with E-state index in [-0.39, 0.29) is 39.8 Å². The van der Waals surface area contributed by atoms with E-state index in [0.717, 1.165) is 56.1 Å². The van der Waals surface area contributed by atoms with Crippen LogP contribution >= 0.6 is 0 Å². The molecule has 1 N–H and O–H groups in total. The Balaban J connectivity index is 1.59. The zero-order chi connectivity index (χ0) is 34.2. The molecule has 5 heteroatoms. The molecule has 0 bridgehead atoms. The van der Waals surface area contributed by atoms with Crippen LogP contribution in [0.3, 0.4) is 0 Å². The molecular formula is C41H60O5. The third-order valence-electron chi connectivity index (χ3n) is 13.6. The first-order valence-electron chi connectivity index (χ1n) is 17.7. The van der Waals surface area contributed by atoms with Gasteiger partial charge in [-0.15, -0.1) is 0 Å². The number of hydrogen-bond acceptors (Lipinski definition) is 4. The summed E-state index contributed by atoms with van der Waals surface area (Å²) >= 11 is 0. The first-order chi connectivity index (χ1) is 21.4. The Hall–Kier alpha value is -2.69. The van der Waals surface area contributed by atoms with E-state index in [4.69, 9.17) is 4.74 Å². The van der Waals surface area contributed by atoms with Crippen molar-refractivity contribution in [2.75, 3.05) is 7.11 Å². The van der Waals surface area contributed by atoms with Crippen LogP contribution in [0.1, 0.15) is 126 Å². The fourth-order valence-electron chi connectivity index (χ4n) is 10.2. The monoisotopic (exact) mass is 632 g/mol. The van der Waals surface area contributed by atoms with E-state index in [1.165, 1.54) is 23.8 Å². The number of carboxylic acids is 1. The van der Waals surface area contributed by atoms with E-state index in [9.17, 15) is 19.5 Å². The van der Waals surface area contributed by atoms with Gasteiger partial charge in [-0.3, -0.25) is 14.4 Å². The van der Waals surface area contributed by atoms with Gasteiger partial charge in [0.15, 0.2) is 0 Å². The third-order valence-corrected chi connectivity index (χ3v) is 13.6. The van der Waals surface area contributed by atoms with Crippen LogP contribution < -0.4 is 0 Å². The first kappa shape index (κ1) is 36.2. The van der Waals surface area contributed by atoms with Gasteiger partial charge in [0.05, 0.1) is 12.5 Å². The Morgan fingerprint density at radius 2 is 1.83 bits per heavy atom. The number of hydrogen-bond donors (Lipinski definition) is 1. The molecule has 46 heavy (non-hydrogen) atoms. The minimum atomic E-state index is -1.07. The molecule has 0 aromatic carbocycles. The van der Waals surface area contributed by atoms with Gasteiger partial charge in [-0.25, -0.2) is 0 Å². The molecule has 5 nitrogen and oxygen atoms in total. The predicted molar refractivity (Wildman–Crippen MR) is 186 cm³/mol. The lowest BCUT2D eigenvalue weighted by Gasteiger charge is -2.55. The predicted octanol–water partition coefficient (Wildman–Crippen LogP) is 9.99. The minimum Gasteiger partial charge on any atom is -0.481 e. The Morgan fingerprint density at radius 1 is 1.13 bits per heavy atom. The number of carbonyl (C=O) groups is 3. The van der Waals surface area contributed by atoms with E-state index >= 15 is 0 Å². The van der Waals surface area contributed by atoms with Gasteiger partial charge in [-0.2, -0.15) is 0 Å². The van der Waals surface area contributed by atoms with Crippen LogP contribution in [0.15, 0.2) is 58.7 Å². The SMILES string of the molecule is C=C(C)[C@@H]1C=CC2=C3CC[C@@](C)([C@H](C)CC(=O)[C@@H]4CC=C(CCC=C(C)C)C[C@@]4(C)C(=O)O)[C@]3(C)CC[C@H]2[C@@]1(C)CCC(=O)OC. The molecule has 1 fully saturated rings. The van der Waals surface area contributed by atoms with Crippen LogP contribution in [0, 0.1) is 45.3 Å². The molecule has 0 unspecified atom stereocenters. The maximum Gasteiger partial charge on any atom is 0.310 e. The van der Waals surface area contributed by atoms with Crippen LogP contribution in [0.5, 0.6) is 0 Å². The fraction of sp³-hybridized carbons (Fsp3) is 0.683. The molecule has 0 saturated heterocycles. The molecular weight excluding hydrogens is 572 g/mol. The second kappa shape index (κ2) is 13.4.